The van der Waals surface area contributed by atoms with Gasteiger partial charge in [-0.15, -0.1) is 11.3 Å². The number of amides is 1. The van der Waals surface area contributed by atoms with E-state index in [0.717, 1.165) is 27.1 Å². The molecule has 0 fully saturated rings. The van der Waals surface area contributed by atoms with Crippen molar-refractivity contribution in [2.24, 2.45) is 0 Å². The minimum absolute atomic E-state index is 0.276. The van der Waals surface area contributed by atoms with Crippen molar-refractivity contribution in [2.75, 3.05) is 11.1 Å². The molecular weight excluding hydrogens is 427 g/mol. The molecule has 1 unspecified atom stereocenters. The highest BCUT2D eigenvalue weighted by Crippen LogP contribution is 2.31. The molecule has 0 radical (unpaired) electrons. The Kier molecular flexibility index (Phi) is 6.05. The number of benzene rings is 3. The molecule has 0 bridgehead atoms. The molecule has 7 heteroatoms. The second-order valence-electron chi connectivity index (χ2n) is 7.11. The number of thiophene rings is 1. The van der Waals surface area contributed by atoms with Gasteiger partial charge in [0.05, 0.1) is 11.4 Å². The van der Waals surface area contributed by atoms with Gasteiger partial charge in [0.25, 0.3) is 5.91 Å². The van der Waals surface area contributed by atoms with Crippen molar-refractivity contribution in [3.63, 3.8) is 0 Å². The van der Waals surface area contributed by atoms with Gasteiger partial charge >= 0.3 is 0 Å². The molecule has 0 saturated carbocycles. The Morgan fingerprint density at radius 3 is 2.42 bits per heavy atom. The van der Waals surface area contributed by atoms with E-state index in [1.807, 2.05) is 42.6 Å². The van der Waals surface area contributed by atoms with Crippen LogP contribution in [-0.2, 0) is 4.57 Å². The van der Waals surface area contributed by atoms with Crippen LogP contribution in [0.4, 0.5) is 11.4 Å². The van der Waals surface area contributed by atoms with Crippen LogP contribution in [0.1, 0.15) is 15.9 Å². The molecule has 3 aromatic carbocycles. The number of anilines is 2. The highest BCUT2D eigenvalue weighted by Gasteiger charge is 2.14. The van der Waals surface area contributed by atoms with Crippen LogP contribution in [0.5, 0.6) is 0 Å². The zero-order chi connectivity index (χ0) is 22.0. The summed E-state index contributed by atoms with van der Waals surface area (Å²) >= 11 is 1.62. The van der Waals surface area contributed by atoms with E-state index in [1.54, 1.807) is 53.8 Å². The molecule has 5 nitrogen and oxygen atoms in total. The Bertz CT molecular complexity index is 1270. The minimum atomic E-state index is -2.85. The van der Waals surface area contributed by atoms with Crippen molar-refractivity contribution in [2.45, 2.75) is 6.92 Å². The number of aryl methyl sites for hydroxylation is 1. The molecule has 4 rings (SSSR count). The first kappa shape index (κ1) is 21.1. The maximum atomic E-state index is 12.8. The number of hydrogen-bond donors (Lipinski definition) is 3. The fraction of sp³-hybridized carbons (Fsp3) is 0.0417. The number of nitrogens with two attached hydrogens (primary N) is 1. The van der Waals surface area contributed by atoms with E-state index in [1.165, 1.54) is 0 Å². The minimum Gasteiger partial charge on any atom is -0.397 e. The van der Waals surface area contributed by atoms with Gasteiger partial charge in [-0.3, -0.25) is 9.36 Å². The molecule has 4 aromatic rings. The van der Waals surface area contributed by atoms with Crippen molar-refractivity contribution >= 4 is 42.0 Å². The average molecular weight is 448 g/mol. The second kappa shape index (κ2) is 8.90. The number of nitrogens with one attached hydrogen (secondary N) is 1. The lowest BCUT2D eigenvalue weighted by molar-refractivity contribution is 0.102. The topological polar surface area (TPSA) is 92.4 Å². The van der Waals surface area contributed by atoms with E-state index < -0.39 is 8.03 Å². The van der Waals surface area contributed by atoms with Crippen molar-refractivity contribution in [3.8, 4) is 21.6 Å². The summed E-state index contributed by atoms with van der Waals surface area (Å²) in [7, 11) is -2.85. The van der Waals surface area contributed by atoms with Crippen LogP contribution in [0.2, 0.25) is 0 Å². The van der Waals surface area contributed by atoms with Crippen LogP contribution in [0.3, 0.4) is 0 Å². The molecule has 1 amide bonds. The first-order chi connectivity index (χ1) is 14.9. The second-order valence-corrected chi connectivity index (χ2v) is 9.21. The van der Waals surface area contributed by atoms with E-state index >= 15 is 0 Å². The molecule has 0 aliphatic rings. The van der Waals surface area contributed by atoms with Crippen LogP contribution in [-0.4, -0.2) is 10.8 Å². The van der Waals surface area contributed by atoms with Crippen LogP contribution < -0.4 is 16.4 Å². The zero-order valence-corrected chi connectivity index (χ0v) is 18.6. The third-order valence-electron chi connectivity index (χ3n) is 5.05. The summed E-state index contributed by atoms with van der Waals surface area (Å²) < 4.78 is 11.8. The summed E-state index contributed by atoms with van der Waals surface area (Å²) in [5.41, 5.74) is 11.0. The summed E-state index contributed by atoms with van der Waals surface area (Å²) in [4.78, 5) is 23.6. The number of hydrogen-bond acceptors (Lipinski definition) is 4. The molecule has 1 atom stereocenters. The highest BCUT2D eigenvalue weighted by atomic mass is 32.1. The first-order valence-electron chi connectivity index (χ1n) is 9.62. The van der Waals surface area contributed by atoms with E-state index in [4.69, 9.17) is 5.73 Å². The third-order valence-corrected chi connectivity index (χ3v) is 6.84. The Labute approximate surface area is 185 Å². The molecule has 156 valence electrons. The third kappa shape index (κ3) is 4.47. The smallest absolute Gasteiger partial charge is 0.255 e. The highest BCUT2D eigenvalue weighted by molar-refractivity contribution is 7.47. The Morgan fingerprint density at radius 2 is 1.74 bits per heavy atom. The van der Waals surface area contributed by atoms with Gasteiger partial charge in [0.1, 0.15) is 0 Å². The molecule has 1 heterocycles. The fourth-order valence-electron chi connectivity index (χ4n) is 3.47. The van der Waals surface area contributed by atoms with Gasteiger partial charge in [0, 0.05) is 15.7 Å². The summed E-state index contributed by atoms with van der Waals surface area (Å²) in [6.45, 7) is 1.90. The summed E-state index contributed by atoms with van der Waals surface area (Å²) in [5, 5.41) is 5.30. The SMILES string of the molecule is Cc1cccc([PH](=O)O)c1-c1ccc(C(=O)Nc2cc(-c3cccs3)ccc2N)cc1. The first-order valence-corrected chi connectivity index (χ1v) is 11.9. The molecule has 1 aromatic heterocycles. The van der Waals surface area contributed by atoms with Crippen LogP contribution in [0.15, 0.2) is 78.2 Å². The van der Waals surface area contributed by atoms with Crippen LogP contribution >= 0.6 is 19.4 Å². The number of carbonyl (C=O) groups is 1. The molecule has 0 aliphatic carbocycles. The summed E-state index contributed by atoms with van der Waals surface area (Å²) in [6.07, 6.45) is 0. The largest absolute Gasteiger partial charge is 0.397 e. The molecule has 31 heavy (non-hydrogen) atoms. The van der Waals surface area contributed by atoms with Crippen molar-refractivity contribution < 1.29 is 14.3 Å². The van der Waals surface area contributed by atoms with Gasteiger partial charge in [0.15, 0.2) is 0 Å². The van der Waals surface area contributed by atoms with Gasteiger partial charge in [-0.1, -0.05) is 36.4 Å². The fourth-order valence-corrected chi connectivity index (χ4v) is 4.99. The molecule has 4 N–H and O–H groups in total. The Hall–Kier alpha value is -3.18. The van der Waals surface area contributed by atoms with Crippen LogP contribution in [0, 0.1) is 6.92 Å². The van der Waals surface area contributed by atoms with Gasteiger partial charge in [-0.25, -0.2) is 0 Å². The molecule has 0 saturated heterocycles. The number of nitrogen functional groups attached to an aromatic ring is 1. The van der Waals surface area contributed by atoms with Gasteiger partial charge in [0.2, 0.25) is 8.03 Å². The van der Waals surface area contributed by atoms with Crippen molar-refractivity contribution in [3.05, 3.63) is 89.3 Å². The summed E-state index contributed by atoms with van der Waals surface area (Å²) in [6, 6.07) is 21.9. The van der Waals surface area contributed by atoms with Crippen molar-refractivity contribution in [1.82, 2.24) is 0 Å². The quantitative estimate of drug-likeness (QED) is 0.285. The molecule has 0 spiro atoms. The van der Waals surface area contributed by atoms with Gasteiger partial charge < -0.3 is 15.9 Å². The van der Waals surface area contributed by atoms with Gasteiger partial charge in [-0.05, 0) is 71.0 Å². The maximum Gasteiger partial charge on any atom is 0.255 e. The molecule has 0 aliphatic heterocycles. The van der Waals surface area contributed by atoms with Crippen LogP contribution in [0.25, 0.3) is 21.6 Å². The predicted octanol–water partition coefficient (Wildman–Crippen LogP) is 5.32. The van der Waals surface area contributed by atoms with E-state index in [9.17, 15) is 14.3 Å². The van der Waals surface area contributed by atoms with Gasteiger partial charge in [-0.2, -0.15) is 0 Å². The number of carbonyl (C=O) groups excluding carboxylic acids is 1. The lowest BCUT2D eigenvalue weighted by Gasteiger charge is -2.12. The lowest BCUT2D eigenvalue weighted by Crippen LogP contribution is -2.13. The Balaban J connectivity index is 1.59. The average Bonchev–Trinajstić information content (AvgIpc) is 3.30. The standard InChI is InChI=1S/C24H21N2O3PS/c1-15-4-2-5-21(30(28)29)23(15)16-7-9-17(10-8-16)24(27)26-20-14-18(11-12-19(20)25)22-6-3-13-31-22/h2-14,30H,25H2,1H3,(H,26,27)(H,28,29). The monoisotopic (exact) mass is 448 g/mol. The van der Waals surface area contributed by atoms with E-state index in [0.29, 0.717) is 22.2 Å². The lowest BCUT2D eigenvalue weighted by atomic mass is 9.99. The normalized spacial score (nSPS) is 11.8. The molecular formula is C24H21N2O3PS. The zero-order valence-electron chi connectivity index (χ0n) is 16.8. The van der Waals surface area contributed by atoms with E-state index in [2.05, 4.69) is 5.32 Å². The summed E-state index contributed by atoms with van der Waals surface area (Å²) in [5.74, 6) is -0.276. The van der Waals surface area contributed by atoms with Crippen molar-refractivity contribution in [1.29, 1.82) is 0 Å². The number of rotatable bonds is 5. The predicted molar refractivity (Wildman–Crippen MR) is 130 cm³/mol. The Morgan fingerprint density at radius 1 is 1.00 bits per heavy atom. The van der Waals surface area contributed by atoms with E-state index in [-0.39, 0.29) is 5.91 Å². The maximum absolute atomic E-state index is 12.8.